The van der Waals surface area contributed by atoms with Crippen molar-refractivity contribution in [3.05, 3.63) is 0 Å². The number of nitrogens with two attached hydrogens (primary N) is 1. The molecule has 0 spiro atoms. The van der Waals surface area contributed by atoms with Gasteiger partial charge in [-0.25, -0.2) is 0 Å². The molecule has 1 amide bonds. The van der Waals surface area contributed by atoms with E-state index in [1.807, 2.05) is 0 Å². The van der Waals surface area contributed by atoms with Crippen LogP contribution in [-0.4, -0.2) is 30.7 Å². The number of amides is 1. The van der Waals surface area contributed by atoms with Gasteiger partial charge in [-0.05, 0) is 7.05 Å². The highest BCUT2D eigenvalue weighted by molar-refractivity contribution is 5.78. The molecule has 0 aromatic carbocycles. The van der Waals surface area contributed by atoms with E-state index >= 15 is 0 Å². The van der Waals surface area contributed by atoms with Crippen LogP contribution in [0.5, 0.6) is 0 Å². The van der Waals surface area contributed by atoms with Gasteiger partial charge >= 0.3 is 0 Å². The molecule has 0 bridgehead atoms. The van der Waals surface area contributed by atoms with E-state index in [1.54, 1.807) is 7.05 Å². The van der Waals surface area contributed by atoms with Crippen LogP contribution in [0.1, 0.15) is 0 Å². The summed E-state index contributed by atoms with van der Waals surface area (Å²) in [5, 5.41) is 11.2. The van der Waals surface area contributed by atoms with Crippen LogP contribution in [-0.2, 0) is 4.79 Å². The maximum atomic E-state index is 10.0. The normalized spacial score (nSPS) is 13.2. The largest absolute Gasteiger partial charge is 0.382 e. The highest BCUT2D eigenvalue weighted by atomic mass is 16.3. The zero-order chi connectivity index (χ0) is 6.57. The zero-order valence-electron chi connectivity index (χ0n) is 4.72. The summed E-state index contributed by atoms with van der Waals surface area (Å²) < 4.78 is 0. The second-order valence-electron chi connectivity index (χ2n) is 1.48. The lowest BCUT2D eigenvalue weighted by atomic mass is 10.3. The number of aliphatic hydroxyl groups excluding tert-OH is 1. The molecular weight excluding hydrogens is 108 g/mol. The summed E-state index contributed by atoms with van der Waals surface area (Å²) in [6, 6.07) is 0. The Balaban J connectivity index is 3.32. The first-order chi connectivity index (χ1) is 3.68. The Morgan fingerprint density at radius 1 is 2.00 bits per heavy atom. The summed E-state index contributed by atoms with van der Waals surface area (Å²) >= 11 is 0. The monoisotopic (exact) mass is 118 g/mol. The van der Waals surface area contributed by atoms with Crippen LogP contribution < -0.4 is 11.1 Å². The van der Waals surface area contributed by atoms with Crippen molar-refractivity contribution < 1.29 is 9.90 Å². The Kier molecular flexibility index (Phi) is 3.14. The third-order valence-corrected chi connectivity index (χ3v) is 0.726. The lowest BCUT2D eigenvalue weighted by molar-refractivity contribution is -0.125. The summed E-state index contributed by atoms with van der Waals surface area (Å²) in [5.41, 5.74) is 4.69. The molecule has 0 saturated heterocycles. The summed E-state index contributed by atoms with van der Waals surface area (Å²) in [5.74, 6) is -0.695. The van der Waals surface area contributed by atoms with Gasteiger partial charge < -0.3 is 16.2 Å². The number of carbonyl (C=O) groups is 1. The highest BCUT2D eigenvalue weighted by Crippen LogP contribution is 1.73. The maximum absolute atomic E-state index is 10.0. The van der Waals surface area contributed by atoms with Gasteiger partial charge in [0.1, 0.15) is 6.10 Å². The van der Waals surface area contributed by atoms with Crippen LogP contribution in [0.2, 0.25) is 0 Å². The minimum absolute atomic E-state index is 0.218. The van der Waals surface area contributed by atoms with Gasteiger partial charge in [0, 0.05) is 6.54 Å². The first kappa shape index (κ1) is 7.39. The molecule has 4 N–H and O–H groups in total. The topological polar surface area (TPSA) is 75.3 Å². The van der Waals surface area contributed by atoms with Crippen molar-refractivity contribution in [2.75, 3.05) is 13.6 Å². The molecule has 0 rings (SSSR count). The van der Waals surface area contributed by atoms with Gasteiger partial charge in [-0.3, -0.25) is 4.79 Å². The van der Waals surface area contributed by atoms with E-state index in [0.717, 1.165) is 0 Å². The predicted molar refractivity (Wildman–Crippen MR) is 29.1 cm³/mol. The molecule has 0 radical (unpaired) electrons. The molecule has 0 aliphatic heterocycles. The van der Waals surface area contributed by atoms with E-state index in [9.17, 15) is 4.79 Å². The van der Waals surface area contributed by atoms with E-state index in [-0.39, 0.29) is 6.54 Å². The molecule has 0 aliphatic carbocycles. The van der Waals surface area contributed by atoms with Crippen molar-refractivity contribution in [1.29, 1.82) is 0 Å². The third kappa shape index (κ3) is 2.54. The number of hydrogen-bond acceptors (Lipinski definition) is 3. The molecular formula is C4H10N2O2. The van der Waals surface area contributed by atoms with Crippen LogP contribution in [0.25, 0.3) is 0 Å². The van der Waals surface area contributed by atoms with Crippen LogP contribution in [0.3, 0.4) is 0 Å². The Hall–Kier alpha value is -0.610. The Bertz CT molecular complexity index is 84.1. The number of nitrogens with one attached hydrogen (secondary N) is 1. The van der Waals surface area contributed by atoms with Gasteiger partial charge in [0.25, 0.3) is 0 Å². The third-order valence-electron chi connectivity index (χ3n) is 0.726. The Labute approximate surface area is 47.7 Å². The average molecular weight is 118 g/mol. The summed E-state index contributed by atoms with van der Waals surface area (Å²) in [6.45, 7) is 0.218. The van der Waals surface area contributed by atoms with Gasteiger partial charge in [0.15, 0.2) is 0 Å². The number of aliphatic hydroxyl groups is 1. The maximum Gasteiger partial charge on any atom is 0.247 e. The van der Waals surface area contributed by atoms with Crippen LogP contribution in [0.15, 0.2) is 0 Å². The molecule has 0 aromatic heterocycles. The second kappa shape index (κ2) is 3.40. The smallest absolute Gasteiger partial charge is 0.247 e. The van der Waals surface area contributed by atoms with Crippen molar-refractivity contribution in [1.82, 2.24) is 5.32 Å². The number of likely N-dealkylation sites (N-methyl/N-ethyl adjacent to an activating group) is 1. The van der Waals surface area contributed by atoms with Gasteiger partial charge in [0.05, 0.1) is 0 Å². The first-order valence-corrected chi connectivity index (χ1v) is 2.30. The molecule has 0 heterocycles. The molecule has 1 atom stereocenters. The van der Waals surface area contributed by atoms with E-state index in [4.69, 9.17) is 10.8 Å². The Morgan fingerprint density at radius 3 is 2.62 bits per heavy atom. The number of primary amides is 1. The molecule has 4 heteroatoms. The van der Waals surface area contributed by atoms with E-state index in [1.165, 1.54) is 0 Å². The van der Waals surface area contributed by atoms with Gasteiger partial charge in [-0.2, -0.15) is 0 Å². The van der Waals surface area contributed by atoms with E-state index in [2.05, 4.69) is 5.32 Å². The standard InChI is InChI=1S/C4H10N2O2/c1-6-2-3(7)4(5)8/h3,6-7H,2H2,1H3,(H2,5,8). The molecule has 0 fully saturated rings. The lowest BCUT2D eigenvalue weighted by Gasteiger charge is -2.02. The van der Waals surface area contributed by atoms with Gasteiger partial charge in [-0.15, -0.1) is 0 Å². The molecule has 0 aliphatic rings. The second-order valence-corrected chi connectivity index (χ2v) is 1.48. The minimum atomic E-state index is -1.06. The molecule has 1 unspecified atom stereocenters. The minimum Gasteiger partial charge on any atom is -0.382 e. The molecule has 0 aromatic rings. The number of rotatable bonds is 3. The summed E-state index contributed by atoms with van der Waals surface area (Å²) in [4.78, 5) is 10.0. The quantitative estimate of drug-likeness (QED) is 0.403. The van der Waals surface area contributed by atoms with Crippen molar-refractivity contribution in [2.45, 2.75) is 6.10 Å². The predicted octanol–water partition coefficient (Wildman–Crippen LogP) is -1.95. The first-order valence-electron chi connectivity index (χ1n) is 2.30. The number of carbonyl (C=O) groups excluding carboxylic acids is 1. The number of hydrogen-bond donors (Lipinski definition) is 3. The molecule has 4 nitrogen and oxygen atoms in total. The highest BCUT2D eigenvalue weighted by Gasteiger charge is 2.06. The van der Waals surface area contributed by atoms with Crippen molar-refractivity contribution in [2.24, 2.45) is 5.73 Å². The lowest BCUT2D eigenvalue weighted by Crippen LogP contribution is -2.36. The van der Waals surface area contributed by atoms with Crippen molar-refractivity contribution in [3.63, 3.8) is 0 Å². The van der Waals surface area contributed by atoms with Crippen molar-refractivity contribution >= 4 is 5.91 Å². The van der Waals surface area contributed by atoms with E-state index in [0.29, 0.717) is 0 Å². The SMILES string of the molecule is CNCC(O)C(N)=O. The zero-order valence-corrected chi connectivity index (χ0v) is 4.72. The summed E-state index contributed by atoms with van der Waals surface area (Å²) in [7, 11) is 1.63. The van der Waals surface area contributed by atoms with E-state index < -0.39 is 12.0 Å². The van der Waals surface area contributed by atoms with Crippen LogP contribution in [0, 0.1) is 0 Å². The molecule has 8 heavy (non-hydrogen) atoms. The van der Waals surface area contributed by atoms with Gasteiger partial charge in [-0.1, -0.05) is 0 Å². The van der Waals surface area contributed by atoms with Crippen LogP contribution in [0.4, 0.5) is 0 Å². The fourth-order valence-electron chi connectivity index (χ4n) is 0.294. The molecule has 48 valence electrons. The average Bonchev–Trinajstić information content (AvgIpc) is 1.67. The van der Waals surface area contributed by atoms with Crippen LogP contribution >= 0.6 is 0 Å². The summed E-state index contributed by atoms with van der Waals surface area (Å²) in [6.07, 6.45) is -1.06. The fraction of sp³-hybridized carbons (Fsp3) is 0.750. The fourth-order valence-corrected chi connectivity index (χ4v) is 0.294. The Morgan fingerprint density at radius 2 is 2.50 bits per heavy atom. The van der Waals surface area contributed by atoms with Gasteiger partial charge in [0.2, 0.25) is 5.91 Å². The molecule has 0 saturated carbocycles. The van der Waals surface area contributed by atoms with Crippen molar-refractivity contribution in [3.8, 4) is 0 Å².